The minimum atomic E-state index is -0.663. The Morgan fingerprint density at radius 3 is 2.33 bits per heavy atom. The van der Waals surface area contributed by atoms with E-state index in [9.17, 15) is 9.90 Å². The third kappa shape index (κ3) is 2.86. The van der Waals surface area contributed by atoms with Gasteiger partial charge in [-0.3, -0.25) is 4.79 Å². The van der Waals surface area contributed by atoms with E-state index in [1.165, 1.54) is 0 Å². The molecular formula is C15H19ClO2. The lowest BCUT2D eigenvalue weighted by molar-refractivity contribution is -0.149. The Kier molecular flexibility index (Phi) is 4.28. The summed E-state index contributed by atoms with van der Waals surface area (Å²) in [6.45, 7) is 0. The first-order chi connectivity index (χ1) is 8.64. The second kappa shape index (κ2) is 5.75. The van der Waals surface area contributed by atoms with Crippen molar-refractivity contribution in [1.29, 1.82) is 0 Å². The molecule has 18 heavy (non-hydrogen) atoms. The predicted octanol–water partition coefficient (Wildman–Crippen LogP) is 4.31. The van der Waals surface area contributed by atoms with Gasteiger partial charge in [-0.2, -0.15) is 0 Å². The molecule has 0 saturated heterocycles. The molecule has 0 atom stereocenters. The van der Waals surface area contributed by atoms with Gasteiger partial charge in [0.1, 0.15) is 0 Å². The second-order valence-electron chi connectivity index (χ2n) is 5.27. The normalized spacial score (nSPS) is 19.2. The van der Waals surface area contributed by atoms with E-state index in [-0.39, 0.29) is 0 Å². The van der Waals surface area contributed by atoms with Crippen LogP contribution < -0.4 is 0 Å². The molecule has 0 heterocycles. The van der Waals surface area contributed by atoms with E-state index in [0.29, 0.717) is 11.4 Å². The van der Waals surface area contributed by atoms with Crippen molar-refractivity contribution in [2.75, 3.05) is 0 Å². The first-order valence-electron chi connectivity index (χ1n) is 6.61. The van der Waals surface area contributed by atoms with Crippen molar-refractivity contribution >= 4 is 17.6 Å². The fraction of sp³-hybridized carbons (Fsp3) is 0.533. The lowest BCUT2D eigenvalue weighted by Gasteiger charge is -2.28. The number of aliphatic carboxylic acids is 1. The number of benzene rings is 1. The van der Waals surface area contributed by atoms with Crippen LogP contribution in [0.3, 0.4) is 0 Å². The summed E-state index contributed by atoms with van der Waals surface area (Å²) < 4.78 is 0. The van der Waals surface area contributed by atoms with Gasteiger partial charge >= 0.3 is 5.97 Å². The lowest BCUT2D eigenvalue weighted by atomic mass is 9.75. The first kappa shape index (κ1) is 13.4. The zero-order valence-electron chi connectivity index (χ0n) is 10.5. The molecule has 2 rings (SSSR count). The molecule has 0 bridgehead atoms. The van der Waals surface area contributed by atoms with E-state index in [2.05, 4.69) is 0 Å². The number of rotatable bonds is 3. The van der Waals surface area contributed by atoms with Crippen molar-refractivity contribution in [2.24, 2.45) is 5.41 Å². The summed E-state index contributed by atoms with van der Waals surface area (Å²) in [5, 5.41) is 10.3. The minimum absolute atomic E-state index is 0.558. The van der Waals surface area contributed by atoms with E-state index in [1.54, 1.807) is 0 Å². The lowest BCUT2D eigenvalue weighted by Crippen LogP contribution is -2.33. The number of carboxylic acids is 1. The van der Waals surface area contributed by atoms with Gasteiger partial charge in [0.05, 0.1) is 5.41 Å². The largest absolute Gasteiger partial charge is 0.481 e. The molecule has 0 spiro atoms. The summed E-state index contributed by atoms with van der Waals surface area (Å²) in [6, 6.07) is 7.58. The van der Waals surface area contributed by atoms with Gasteiger partial charge in [0, 0.05) is 5.02 Å². The summed E-state index contributed by atoms with van der Waals surface area (Å²) >= 11 is 6.16. The SMILES string of the molecule is O=C(O)C1(Cc2ccccc2Cl)CCCCCC1. The molecule has 3 heteroatoms. The van der Waals surface area contributed by atoms with E-state index in [1.807, 2.05) is 24.3 Å². The summed E-state index contributed by atoms with van der Waals surface area (Å²) in [4.78, 5) is 11.7. The van der Waals surface area contributed by atoms with Gasteiger partial charge in [-0.1, -0.05) is 55.5 Å². The van der Waals surface area contributed by atoms with Crippen molar-refractivity contribution in [2.45, 2.75) is 44.9 Å². The number of carboxylic acid groups (broad SMARTS) is 1. The van der Waals surface area contributed by atoms with Crippen LogP contribution in [-0.2, 0) is 11.2 Å². The van der Waals surface area contributed by atoms with E-state index < -0.39 is 11.4 Å². The zero-order valence-corrected chi connectivity index (χ0v) is 11.2. The van der Waals surface area contributed by atoms with Crippen LogP contribution in [0.5, 0.6) is 0 Å². The molecule has 0 radical (unpaired) electrons. The van der Waals surface area contributed by atoms with Gasteiger partial charge in [-0.25, -0.2) is 0 Å². The second-order valence-corrected chi connectivity index (χ2v) is 5.68. The highest BCUT2D eigenvalue weighted by Gasteiger charge is 2.38. The van der Waals surface area contributed by atoms with E-state index in [0.717, 1.165) is 44.1 Å². The molecule has 98 valence electrons. The molecule has 1 aromatic carbocycles. The fourth-order valence-electron chi connectivity index (χ4n) is 2.88. The molecule has 1 N–H and O–H groups in total. The Balaban J connectivity index is 2.25. The summed E-state index contributed by atoms with van der Waals surface area (Å²) in [5.41, 5.74) is 0.352. The van der Waals surface area contributed by atoms with Crippen LogP contribution in [0.25, 0.3) is 0 Å². The third-order valence-electron chi connectivity index (χ3n) is 4.00. The van der Waals surface area contributed by atoms with E-state index >= 15 is 0 Å². The molecule has 1 aromatic rings. The smallest absolute Gasteiger partial charge is 0.309 e. The topological polar surface area (TPSA) is 37.3 Å². The Labute approximate surface area is 113 Å². The van der Waals surface area contributed by atoms with Crippen molar-refractivity contribution in [1.82, 2.24) is 0 Å². The molecule has 0 amide bonds. The molecule has 1 aliphatic rings. The average molecular weight is 267 g/mol. The van der Waals surface area contributed by atoms with Crippen LogP contribution in [0.1, 0.15) is 44.1 Å². The summed E-state index contributed by atoms with van der Waals surface area (Å²) in [5.74, 6) is -0.663. The number of halogens is 1. The van der Waals surface area contributed by atoms with Gasteiger partial charge in [-0.15, -0.1) is 0 Å². The van der Waals surface area contributed by atoms with Crippen LogP contribution in [0.4, 0.5) is 0 Å². The zero-order chi connectivity index (χ0) is 13.0. The maximum Gasteiger partial charge on any atom is 0.309 e. The average Bonchev–Trinajstić information content (AvgIpc) is 2.59. The maximum atomic E-state index is 11.7. The molecule has 0 aliphatic heterocycles. The molecule has 0 unspecified atom stereocenters. The highest BCUT2D eigenvalue weighted by Crippen LogP contribution is 2.39. The monoisotopic (exact) mass is 266 g/mol. The molecule has 2 nitrogen and oxygen atoms in total. The number of hydrogen-bond acceptors (Lipinski definition) is 1. The van der Waals surface area contributed by atoms with Gasteiger partial charge in [-0.05, 0) is 30.9 Å². The van der Waals surface area contributed by atoms with Crippen LogP contribution >= 0.6 is 11.6 Å². The van der Waals surface area contributed by atoms with Crippen molar-refractivity contribution in [3.05, 3.63) is 34.9 Å². The highest BCUT2D eigenvalue weighted by atomic mass is 35.5. The van der Waals surface area contributed by atoms with Crippen LogP contribution in [0.15, 0.2) is 24.3 Å². The maximum absolute atomic E-state index is 11.7. The third-order valence-corrected chi connectivity index (χ3v) is 4.37. The minimum Gasteiger partial charge on any atom is -0.481 e. The predicted molar refractivity (Wildman–Crippen MR) is 72.9 cm³/mol. The standard InChI is InChI=1S/C15H19ClO2/c16-13-8-4-3-7-12(13)11-15(14(17)18)9-5-1-2-6-10-15/h3-4,7-8H,1-2,5-6,9-11H2,(H,17,18). The van der Waals surface area contributed by atoms with Crippen LogP contribution in [-0.4, -0.2) is 11.1 Å². The Hall–Kier alpha value is -1.02. The Bertz CT molecular complexity index is 420. The number of hydrogen-bond donors (Lipinski definition) is 1. The Morgan fingerprint density at radius 2 is 1.78 bits per heavy atom. The molecular weight excluding hydrogens is 248 g/mol. The molecule has 1 aliphatic carbocycles. The first-order valence-corrected chi connectivity index (χ1v) is 6.99. The highest BCUT2D eigenvalue weighted by molar-refractivity contribution is 6.31. The fourth-order valence-corrected chi connectivity index (χ4v) is 3.08. The van der Waals surface area contributed by atoms with Gasteiger partial charge in [0.15, 0.2) is 0 Å². The van der Waals surface area contributed by atoms with Crippen molar-refractivity contribution in [3.8, 4) is 0 Å². The van der Waals surface area contributed by atoms with Crippen molar-refractivity contribution in [3.63, 3.8) is 0 Å². The van der Waals surface area contributed by atoms with Crippen LogP contribution in [0, 0.1) is 5.41 Å². The van der Waals surface area contributed by atoms with Crippen LogP contribution in [0.2, 0.25) is 5.02 Å². The van der Waals surface area contributed by atoms with E-state index in [4.69, 9.17) is 11.6 Å². The van der Waals surface area contributed by atoms with Gasteiger partial charge in [0.2, 0.25) is 0 Å². The quantitative estimate of drug-likeness (QED) is 0.828. The molecule has 1 saturated carbocycles. The number of carbonyl (C=O) groups is 1. The van der Waals surface area contributed by atoms with Gasteiger partial charge in [0.25, 0.3) is 0 Å². The summed E-state index contributed by atoms with van der Waals surface area (Å²) in [6.07, 6.45) is 6.42. The van der Waals surface area contributed by atoms with Gasteiger partial charge < -0.3 is 5.11 Å². The molecule has 0 aromatic heterocycles. The Morgan fingerprint density at radius 1 is 1.17 bits per heavy atom. The van der Waals surface area contributed by atoms with Crippen molar-refractivity contribution < 1.29 is 9.90 Å². The summed E-state index contributed by atoms with van der Waals surface area (Å²) in [7, 11) is 0. The molecule has 1 fully saturated rings.